The molecular weight excluding hydrogens is 307 g/mol. The van der Waals surface area contributed by atoms with Gasteiger partial charge in [-0.2, -0.15) is 11.8 Å². The lowest BCUT2D eigenvalue weighted by atomic mass is 10.2. The number of thioether (sulfide) groups is 1. The minimum atomic E-state index is -0.434. The lowest BCUT2D eigenvalue weighted by Gasteiger charge is -2.22. The molecule has 92 valence electrons. The quantitative estimate of drug-likeness (QED) is 0.878. The van der Waals surface area contributed by atoms with Crippen molar-refractivity contribution in [3.8, 4) is 0 Å². The van der Waals surface area contributed by atoms with E-state index in [0.29, 0.717) is 4.47 Å². The number of carbonyl (C=O) groups excluding carboxylic acids is 1. The van der Waals surface area contributed by atoms with Crippen LogP contribution in [0.4, 0.5) is 10.1 Å². The van der Waals surface area contributed by atoms with E-state index >= 15 is 0 Å². The molecule has 1 atom stereocenters. The molecule has 0 radical (unpaired) electrons. The average molecular weight is 319 g/mol. The summed E-state index contributed by atoms with van der Waals surface area (Å²) >= 11 is 4.94. The number of carbonyl (C=O) groups is 1. The Kier molecular flexibility index (Phi) is 4.42. The first kappa shape index (κ1) is 12.9. The summed E-state index contributed by atoms with van der Waals surface area (Å²) in [6, 6.07) is 4.36. The molecule has 1 aliphatic heterocycles. The van der Waals surface area contributed by atoms with Crippen molar-refractivity contribution in [3.63, 3.8) is 0 Å². The van der Waals surface area contributed by atoms with Gasteiger partial charge in [0.15, 0.2) is 0 Å². The predicted octanol–water partition coefficient (Wildman–Crippen LogP) is 2.23. The fraction of sp³-hybridized carbons (Fsp3) is 0.364. The average Bonchev–Trinajstić information content (AvgIpc) is 2.35. The van der Waals surface area contributed by atoms with Gasteiger partial charge in [-0.15, -0.1) is 0 Å². The summed E-state index contributed by atoms with van der Waals surface area (Å²) < 4.78 is 14.1. The second-order valence-corrected chi connectivity index (χ2v) is 5.67. The third kappa shape index (κ3) is 3.20. The van der Waals surface area contributed by atoms with Crippen molar-refractivity contribution in [3.05, 3.63) is 28.5 Å². The number of amides is 1. The second kappa shape index (κ2) is 5.84. The molecule has 0 aromatic heterocycles. The summed E-state index contributed by atoms with van der Waals surface area (Å²) in [5, 5.41) is 5.72. The first-order chi connectivity index (χ1) is 8.18. The van der Waals surface area contributed by atoms with Gasteiger partial charge in [0.25, 0.3) is 0 Å². The molecule has 1 heterocycles. The molecule has 1 aliphatic rings. The third-order valence-electron chi connectivity index (χ3n) is 2.45. The van der Waals surface area contributed by atoms with E-state index in [1.54, 1.807) is 23.9 Å². The highest BCUT2D eigenvalue weighted by Gasteiger charge is 2.22. The fourth-order valence-corrected chi connectivity index (χ4v) is 2.94. The molecule has 3 nitrogen and oxygen atoms in total. The van der Waals surface area contributed by atoms with Gasteiger partial charge < -0.3 is 10.6 Å². The lowest BCUT2D eigenvalue weighted by molar-refractivity contribution is -0.117. The molecule has 0 spiro atoms. The van der Waals surface area contributed by atoms with E-state index in [0.717, 1.165) is 18.1 Å². The van der Waals surface area contributed by atoms with E-state index in [1.165, 1.54) is 6.07 Å². The van der Waals surface area contributed by atoms with Crippen LogP contribution in [0.3, 0.4) is 0 Å². The van der Waals surface area contributed by atoms with Crippen LogP contribution in [0.15, 0.2) is 22.7 Å². The zero-order chi connectivity index (χ0) is 12.3. The van der Waals surface area contributed by atoms with Crippen LogP contribution < -0.4 is 10.6 Å². The highest BCUT2D eigenvalue weighted by atomic mass is 79.9. The van der Waals surface area contributed by atoms with Gasteiger partial charge in [0, 0.05) is 22.5 Å². The van der Waals surface area contributed by atoms with Crippen molar-refractivity contribution in [1.82, 2.24) is 5.32 Å². The normalized spacial score (nSPS) is 20.0. The Hall–Kier alpha value is -0.590. The van der Waals surface area contributed by atoms with E-state index in [1.807, 2.05) is 0 Å². The van der Waals surface area contributed by atoms with Crippen molar-refractivity contribution in [2.24, 2.45) is 0 Å². The maximum atomic E-state index is 13.5. The van der Waals surface area contributed by atoms with Gasteiger partial charge in [-0.25, -0.2) is 4.39 Å². The molecule has 2 N–H and O–H groups in total. The maximum absolute atomic E-state index is 13.5. The van der Waals surface area contributed by atoms with Gasteiger partial charge in [0.05, 0.1) is 11.7 Å². The van der Waals surface area contributed by atoms with Gasteiger partial charge in [0.2, 0.25) is 5.91 Å². The first-order valence-electron chi connectivity index (χ1n) is 5.24. The van der Waals surface area contributed by atoms with E-state index in [2.05, 4.69) is 26.6 Å². The van der Waals surface area contributed by atoms with Crippen LogP contribution in [-0.2, 0) is 4.79 Å². The van der Waals surface area contributed by atoms with Crippen molar-refractivity contribution < 1.29 is 9.18 Å². The molecule has 17 heavy (non-hydrogen) atoms. The van der Waals surface area contributed by atoms with Crippen molar-refractivity contribution in [1.29, 1.82) is 0 Å². The summed E-state index contributed by atoms with van der Waals surface area (Å²) in [6.45, 7) is 0.807. The van der Waals surface area contributed by atoms with Crippen molar-refractivity contribution in [2.75, 3.05) is 23.4 Å². The van der Waals surface area contributed by atoms with Gasteiger partial charge >= 0.3 is 0 Å². The maximum Gasteiger partial charge on any atom is 0.242 e. The standard InChI is InChI=1S/C11H12BrFN2OS/c12-7-2-1-3-8(13)10(7)15-11(16)9-6-17-5-4-14-9/h1-3,9,14H,4-6H2,(H,15,16). The zero-order valence-electron chi connectivity index (χ0n) is 9.00. The Morgan fingerprint density at radius 2 is 2.41 bits per heavy atom. The number of rotatable bonds is 2. The number of halogens is 2. The predicted molar refractivity (Wildman–Crippen MR) is 71.8 cm³/mol. The number of anilines is 1. The van der Waals surface area contributed by atoms with Crippen LogP contribution in [0.1, 0.15) is 0 Å². The van der Waals surface area contributed by atoms with Gasteiger partial charge in [0.1, 0.15) is 5.82 Å². The zero-order valence-corrected chi connectivity index (χ0v) is 11.4. The Balaban J connectivity index is 2.07. The van der Waals surface area contributed by atoms with Crippen molar-refractivity contribution in [2.45, 2.75) is 6.04 Å². The van der Waals surface area contributed by atoms with Crippen LogP contribution in [-0.4, -0.2) is 30.0 Å². The minimum absolute atomic E-state index is 0.192. The van der Waals surface area contributed by atoms with Gasteiger partial charge in [-0.05, 0) is 28.1 Å². The second-order valence-electron chi connectivity index (χ2n) is 3.67. The molecule has 1 unspecified atom stereocenters. The minimum Gasteiger partial charge on any atom is -0.321 e. The number of benzene rings is 1. The van der Waals surface area contributed by atoms with Crippen LogP contribution in [0.25, 0.3) is 0 Å². The molecule has 0 aliphatic carbocycles. The Morgan fingerprint density at radius 1 is 1.59 bits per heavy atom. The summed E-state index contributed by atoms with van der Waals surface area (Å²) in [5.41, 5.74) is 0.204. The summed E-state index contributed by atoms with van der Waals surface area (Å²) in [7, 11) is 0. The van der Waals surface area contributed by atoms with E-state index in [4.69, 9.17) is 0 Å². The van der Waals surface area contributed by atoms with Crippen molar-refractivity contribution >= 4 is 39.3 Å². The molecule has 1 amide bonds. The third-order valence-corrected chi connectivity index (χ3v) is 4.17. The highest BCUT2D eigenvalue weighted by Crippen LogP contribution is 2.25. The van der Waals surface area contributed by atoms with E-state index in [-0.39, 0.29) is 17.6 Å². The molecule has 1 aromatic carbocycles. The summed E-state index contributed by atoms with van der Waals surface area (Å²) in [5.74, 6) is 1.10. The Labute approximate surface area is 112 Å². The fourth-order valence-electron chi connectivity index (χ4n) is 1.56. The van der Waals surface area contributed by atoms with E-state index < -0.39 is 5.82 Å². The SMILES string of the molecule is O=C(Nc1c(F)cccc1Br)C1CSCCN1. The molecule has 0 saturated carbocycles. The molecule has 1 fully saturated rings. The molecular formula is C11H12BrFN2OS. The first-order valence-corrected chi connectivity index (χ1v) is 7.19. The molecule has 2 rings (SSSR count). The highest BCUT2D eigenvalue weighted by molar-refractivity contribution is 9.10. The number of hydrogen-bond acceptors (Lipinski definition) is 3. The Morgan fingerprint density at radius 3 is 3.06 bits per heavy atom. The van der Waals surface area contributed by atoms with Gasteiger partial charge in [-0.3, -0.25) is 4.79 Å². The monoisotopic (exact) mass is 318 g/mol. The lowest BCUT2D eigenvalue weighted by Crippen LogP contribution is -2.46. The van der Waals surface area contributed by atoms with Crippen LogP contribution in [0, 0.1) is 5.82 Å². The van der Waals surface area contributed by atoms with E-state index in [9.17, 15) is 9.18 Å². The number of hydrogen-bond donors (Lipinski definition) is 2. The Bertz CT molecular complexity index is 404. The van der Waals surface area contributed by atoms with Gasteiger partial charge in [-0.1, -0.05) is 6.07 Å². The summed E-state index contributed by atoms with van der Waals surface area (Å²) in [6.07, 6.45) is 0. The van der Waals surface area contributed by atoms with Crippen LogP contribution >= 0.6 is 27.7 Å². The number of nitrogens with one attached hydrogen (secondary N) is 2. The molecule has 6 heteroatoms. The smallest absolute Gasteiger partial charge is 0.242 e. The van der Waals surface area contributed by atoms with Crippen LogP contribution in [0.2, 0.25) is 0 Å². The summed E-state index contributed by atoms with van der Waals surface area (Å²) in [4.78, 5) is 11.9. The largest absolute Gasteiger partial charge is 0.321 e. The number of para-hydroxylation sites is 1. The molecule has 1 aromatic rings. The molecule has 1 saturated heterocycles. The van der Waals surface area contributed by atoms with Crippen LogP contribution in [0.5, 0.6) is 0 Å². The topological polar surface area (TPSA) is 41.1 Å². The molecule has 0 bridgehead atoms.